The third-order valence-corrected chi connectivity index (χ3v) is 2.99. The van der Waals surface area contributed by atoms with Crippen LogP contribution in [0.1, 0.15) is 37.8 Å². The van der Waals surface area contributed by atoms with Crippen molar-refractivity contribution in [2.75, 3.05) is 13.6 Å². The number of aryl methyl sites for hydroxylation is 1. The van der Waals surface area contributed by atoms with E-state index in [1.165, 1.54) is 12.2 Å². The van der Waals surface area contributed by atoms with E-state index in [4.69, 9.17) is 0 Å². The first-order chi connectivity index (χ1) is 7.20. The van der Waals surface area contributed by atoms with Crippen LogP contribution in [0.4, 0.5) is 0 Å². The van der Waals surface area contributed by atoms with E-state index < -0.39 is 0 Å². The summed E-state index contributed by atoms with van der Waals surface area (Å²) in [5, 5.41) is 7.77. The second-order valence-corrected chi connectivity index (χ2v) is 4.68. The molecule has 0 radical (unpaired) electrons. The Labute approximate surface area is 91.1 Å². The Hall–Kier alpha value is -0.900. The summed E-state index contributed by atoms with van der Waals surface area (Å²) in [6.45, 7) is 6.41. The van der Waals surface area contributed by atoms with Crippen molar-refractivity contribution >= 4 is 0 Å². The molecule has 1 aromatic rings. The molecule has 0 saturated carbocycles. The zero-order valence-corrected chi connectivity index (χ0v) is 9.82. The molecule has 0 amide bonds. The van der Waals surface area contributed by atoms with Crippen LogP contribution in [0.3, 0.4) is 0 Å². The quantitative estimate of drug-likeness (QED) is 0.811. The zero-order valence-electron chi connectivity index (χ0n) is 9.82. The van der Waals surface area contributed by atoms with Crippen LogP contribution >= 0.6 is 0 Å². The van der Waals surface area contributed by atoms with Crippen molar-refractivity contribution in [1.29, 1.82) is 0 Å². The van der Waals surface area contributed by atoms with Crippen molar-refractivity contribution in [3.8, 4) is 0 Å². The average molecular weight is 208 g/mol. The summed E-state index contributed by atoms with van der Waals surface area (Å²) < 4.78 is 2.08. The van der Waals surface area contributed by atoms with Crippen LogP contribution in [0, 0.1) is 5.92 Å². The van der Waals surface area contributed by atoms with Gasteiger partial charge < -0.3 is 5.32 Å². The second kappa shape index (κ2) is 4.31. The predicted octanol–water partition coefficient (Wildman–Crippen LogP) is 1.18. The molecule has 1 N–H and O–H groups in total. The summed E-state index contributed by atoms with van der Waals surface area (Å²) in [6, 6.07) is 0. The first-order valence-corrected chi connectivity index (χ1v) is 5.79. The fraction of sp³-hybridized carbons (Fsp3) is 0.818. The maximum absolute atomic E-state index is 4.61. The highest BCUT2D eigenvalue weighted by atomic mass is 15.4. The Bertz CT molecular complexity index is 329. The van der Waals surface area contributed by atoms with Gasteiger partial charge in [0.1, 0.15) is 5.82 Å². The molecule has 1 unspecified atom stereocenters. The molecule has 2 rings (SSSR count). The molecule has 1 aliphatic rings. The molecular weight excluding hydrogens is 188 g/mol. The minimum absolute atomic E-state index is 0.436. The molecule has 1 aromatic heterocycles. The molecule has 0 bridgehead atoms. The van der Waals surface area contributed by atoms with E-state index in [9.17, 15) is 0 Å². The third-order valence-electron chi connectivity index (χ3n) is 2.99. The van der Waals surface area contributed by atoms with Gasteiger partial charge >= 0.3 is 0 Å². The smallest absolute Gasteiger partial charge is 0.153 e. The van der Waals surface area contributed by atoms with Crippen LogP contribution in [0.25, 0.3) is 0 Å². The van der Waals surface area contributed by atoms with Crippen molar-refractivity contribution in [1.82, 2.24) is 20.1 Å². The normalized spacial score (nSPS) is 20.7. The van der Waals surface area contributed by atoms with Gasteiger partial charge in [0, 0.05) is 18.9 Å². The number of hydrogen-bond acceptors (Lipinski definition) is 3. The SMILES string of the molecule is CNCC1CCn2nc(C(C)C)nc2C1. The summed E-state index contributed by atoms with van der Waals surface area (Å²) >= 11 is 0. The van der Waals surface area contributed by atoms with Crippen molar-refractivity contribution in [2.45, 2.75) is 39.2 Å². The Morgan fingerprint density at radius 1 is 1.53 bits per heavy atom. The summed E-state index contributed by atoms with van der Waals surface area (Å²) in [6.07, 6.45) is 2.29. The van der Waals surface area contributed by atoms with Gasteiger partial charge in [0.25, 0.3) is 0 Å². The number of nitrogens with one attached hydrogen (secondary N) is 1. The summed E-state index contributed by atoms with van der Waals surface area (Å²) in [5.74, 6) is 3.33. The van der Waals surface area contributed by atoms with Crippen LogP contribution in [-0.2, 0) is 13.0 Å². The van der Waals surface area contributed by atoms with Gasteiger partial charge in [-0.2, -0.15) is 5.10 Å². The van der Waals surface area contributed by atoms with Crippen LogP contribution in [0.2, 0.25) is 0 Å². The van der Waals surface area contributed by atoms with E-state index in [-0.39, 0.29) is 0 Å². The van der Waals surface area contributed by atoms with Gasteiger partial charge in [0.05, 0.1) is 0 Å². The fourth-order valence-corrected chi connectivity index (χ4v) is 2.10. The highest BCUT2D eigenvalue weighted by Crippen LogP contribution is 2.20. The highest BCUT2D eigenvalue weighted by Gasteiger charge is 2.21. The largest absolute Gasteiger partial charge is 0.319 e. The number of aromatic nitrogens is 3. The third kappa shape index (κ3) is 2.20. The Balaban J connectivity index is 2.12. The molecule has 1 aliphatic heterocycles. The fourth-order valence-electron chi connectivity index (χ4n) is 2.10. The van der Waals surface area contributed by atoms with Crippen LogP contribution in [0.5, 0.6) is 0 Å². The molecule has 15 heavy (non-hydrogen) atoms. The lowest BCUT2D eigenvalue weighted by Crippen LogP contribution is -2.27. The van der Waals surface area contributed by atoms with E-state index in [0.717, 1.165) is 31.3 Å². The van der Waals surface area contributed by atoms with E-state index in [2.05, 4.69) is 33.9 Å². The standard InChI is InChI=1S/C11H20N4/c1-8(2)11-13-10-6-9(7-12-3)4-5-15(10)14-11/h8-9,12H,4-7H2,1-3H3. The van der Waals surface area contributed by atoms with Crippen molar-refractivity contribution in [3.63, 3.8) is 0 Å². The number of rotatable bonds is 3. The molecule has 0 aromatic carbocycles. The van der Waals surface area contributed by atoms with Crippen LogP contribution < -0.4 is 5.32 Å². The summed E-state index contributed by atoms with van der Waals surface area (Å²) in [5.41, 5.74) is 0. The highest BCUT2D eigenvalue weighted by molar-refractivity contribution is 5.00. The van der Waals surface area contributed by atoms with Crippen molar-refractivity contribution in [2.24, 2.45) is 5.92 Å². The van der Waals surface area contributed by atoms with Gasteiger partial charge in [-0.15, -0.1) is 0 Å². The maximum atomic E-state index is 4.61. The minimum Gasteiger partial charge on any atom is -0.319 e. The van der Waals surface area contributed by atoms with Gasteiger partial charge in [0.2, 0.25) is 0 Å². The van der Waals surface area contributed by atoms with E-state index in [1.807, 2.05) is 7.05 Å². The number of fused-ring (bicyclic) bond motifs is 1. The lowest BCUT2D eigenvalue weighted by molar-refractivity contribution is 0.354. The van der Waals surface area contributed by atoms with Crippen molar-refractivity contribution < 1.29 is 0 Å². The van der Waals surface area contributed by atoms with Gasteiger partial charge in [-0.05, 0) is 25.9 Å². The molecule has 0 spiro atoms. The Morgan fingerprint density at radius 2 is 2.33 bits per heavy atom. The second-order valence-electron chi connectivity index (χ2n) is 4.68. The lowest BCUT2D eigenvalue weighted by Gasteiger charge is -2.21. The van der Waals surface area contributed by atoms with Gasteiger partial charge in [-0.25, -0.2) is 9.67 Å². The van der Waals surface area contributed by atoms with Gasteiger partial charge in [-0.3, -0.25) is 0 Å². The molecule has 2 heterocycles. The number of nitrogens with zero attached hydrogens (tertiary/aromatic N) is 3. The topological polar surface area (TPSA) is 42.7 Å². The molecule has 0 saturated heterocycles. The molecule has 4 heteroatoms. The monoisotopic (exact) mass is 208 g/mol. The van der Waals surface area contributed by atoms with E-state index in [0.29, 0.717) is 5.92 Å². The molecule has 4 nitrogen and oxygen atoms in total. The molecule has 1 atom stereocenters. The molecule has 84 valence electrons. The Morgan fingerprint density at radius 3 is 3.00 bits per heavy atom. The molecular formula is C11H20N4. The van der Waals surface area contributed by atoms with Gasteiger partial charge in [-0.1, -0.05) is 13.8 Å². The first kappa shape index (κ1) is 10.6. The molecule has 0 aliphatic carbocycles. The van der Waals surface area contributed by atoms with Crippen LogP contribution in [0.15, 0.2) is 0 Å². The predicted molar refractivity (Wildman–Crippen MR) is 59.8 cm³/mol. The maximum Gasteiger partial charge on any atom is 0.153 e. The van der Waals surface area contributed by atoms with E-state index >= 15 is 0 Å². The van der Waals surface area contributed by atoms with E-state index in [1.54, 1.807) is 0 Å². The average Bonchev–Trinajstić information content (AvgIpc) is 2.61. The summed E-state index contributed by atoms with van der Waals surface area (Å²) in [4.78, 5) is 4.61. The summed E-state index contributed by atoms with van der Waals surface area (Å²) in [7, 11) is 2.01. The zero-order chi connectivity index (χ0) is 10.8. The number of hydrogen-bond donors (Lipinski definition) is 1. The lowest BCUT2D eigenvalue weighted by atomic mass is 9.98. The Kier molecular flexibility index (Phi) is 3.05. The molecule has 0 fully saturated rings. The minimum atomic E-state index is 0.436. The van der Waals surface area contributed by atoms with Crippen molar-refractivity contribution in [3.05, 3.63) is 11.6 Å². The van der Waals surface area contributed by atoms with Gasteiger partial charge in [0.15, 0.2) is 5.82 Å². The van der Waals surface area contributed by atoms with Crippen LogP contribution in [-0.4, -0.2) is 28.4 Å². The first-order valence-electron chi connectivity index (χ1n) is 5.79.